The first kappa shape index (κ1) is 18.5. The highest BCUT2D eigenvalue weighted by molar-refractivity contribution is 7.89. The SMILES string of the molecule is CC(C)CC(CNS(=O)(=O)c1ccc2c(c1)OCCCO2)C(=O)O. The quantitative estimate of drug-likeness (QED) is 0.772. The van der Waals surface area contributed by atoms with Crippen LogP contribution < -0.4 is 14.2 Å². The predicted octanol–water partition coefficient (Wildman–Crippen LogP) is 1.87. The van der Waals surface area contributed by atoms with Crippen molar-refractivity contribution in [1.82, 2.24) is 4.72 Å². The molecular formula is C16H23NO6S. The Morgan fingerprint density at radius 1 is 1.25 bits per heavy atom. The molecule has 1 aromatic rings. The molecule has 1 atom stereocenters. The maximum atomic E-state index is 12.4. The molecule has 1 aliphatic rings. The number of sulfonamides is 1. The summed E-state index contributed by atoms with van der Waals surface area (Å²) >= 11 is 0. The molecule has 1 unspecified atom stereocenters. The van der Waals surface area contributed by atoms with E-state index in [1.54, 1.807) is 6.07 Å². The second-order valence-corrected chi connectivity index (χ2v) is 7.94. The average molecular weight is 357 g/mol. The molecule has 2 N–H and O–H groups in total. The fourth-order valence-electron chi connectivity index (χ4n) is 2.44. The Kier molecular flexibility index (Phi) is 6.06. The third-order valence-corrected chi connectivity index (χ3v) is 5.08. The van der Waals surface area contributed by atoms with Crippen LogP contribution in [-0.4, -0.2) is 39.3 Å². The summed E-state index contributed by atoms with van der Waals surface area (Å²) in [6.45, 7) is 4.62. The zero-order valence-corrected chi connectivity index (χ0v) is 14.6. The van der Waals surface area contributed by atoms with Crippen LogP contribution in [0.25, 0.3) is 0 Å². The van der Waals surface area contributed by atoms with Gasteiger partial charge in [0.15, 0.2) is 11.5 Å². The molecule has 1 aromatic carbocycles. The van der Waals surface area contributed by atoms with Gasteiger partial charge in [0.1, 0.15) is 0 Å². The Morgan fingerprint density at radius 2 is 1.92 bits per heavy atom. The van der Waals surface area contributed by atoms with Gasteiger partial charge in [-0.1, -0.05) is 13.8 Å². The Bertz CT molecular complexity index is 686. The number of aliphatic carboxylic acids is 1. The van der Waals surface area contributed by atoms with E-state index in [1.807, 2.05) is 13.8 Å². The van der Waals surface area contributed by atoms with Crippen molar-refractivity contribution in [3.8, 4) is 11.5 Å². The van der Waals surface area contributed by atoms with Crippen molar-refractivity contribution >= 4 is 16.0 Å². The van der Waals surface area contributed by atoms with E-state index in [0.717, 1.165) is 6.42 Å². The molecule has 0 fully saturated rings. The van der Waals surface area contributed by atoms with Crippen molar-refractivity contribution in [1.29, 1.82) is 0 Å². The predicted molar refractivity (Wildman–Crippen MR) is 87.8 cm³/mol. The van der Waals surface area contributed by atoms with Crippen molar-refractivity contribution in [2.24, 2.45) is 11.8 Å². The summed E-state index contributed by atoms with van der Waals surface area (Å²) in [6.07, 6.45) is 1.13. The third kappa shape index (κ3) is 4.85. The lowest BCUT2D eigenvalue weighted by molar-refractivity contribution is -0.142. The monoisotopic (exact) mass is 357 g/mol. The highest BCUT2D eigenvalue weighted by atomic mass is 32.2. The Balaban J connectivity index is 2.12. The lowest BCUT2D eigenvalue weighted by atomic mass is 9.98. The molecule has 8 heteroatoms. The van der Waals surface area contributed by atoms with E-state index in [2.05, 4.69) is 4.72 Å². The Labute approximate surface area is 142 Å². The minimum atomic E-state index is -3.82. The second kappa shape index (κ2) is 7.85. The van der Waals surface area contributed by atoms with Gasteiger partial charge >= 0.3 is 5.97 Å². The van der Waals surface area contributed by atoms with Crippen LogP contribution in [0.1, 0.15) is 26.7 Å². The van der Waals surface area contributed by atoms with Gasteiger partial charge < -0.3 is 14.6 Å². The summed E-state index contributed by atoms with van der Waals surface area (Å²) in [4.78, 5) is 11.3. The van der Waals surface area contributed by atoms with Crippen molar-refractivity contribution in [2.75, 3.05) is 19.8 Å². The molecular weight excluding hydrogens is 334 g/mol. The summed E-state index contributed by atoms with van der Waals surface area (Å²) in [7, 11) is -3.82. The van der Waals surface area contributed by atoms with Gasteiger partial charge in [0.25, 0.3) is 0 Å². The number of hydrogen-bond donors (Lipinski definition) is 2. The van der Waals surface area contributed by atoms with Crippen LogP contribution in [0.2, 0.25) is 0 Å². The van der Waals surface area contributed by atoms with Crippen molar-refractivity contribution < 1.29 is 27.8 Å². The van der Waals surface area contributed by atoms with E-state index in [4.69, 9.17) is 9.47 Å². The molecule has 1 aliphatic heterocycles. The van der Waals surface area contributed by atoms with Gasteiger partial charge in [-0.25, -0.2) is 13.1 Å². The minimum absolute atomic E-state index is 0.0282. The highest BCUT2D eigenvalue weighted by Crippen LogP contribution is 2.31. The van der Waals surface area contributed by atoms with Crippen LogP contribution in [0, 0.1) is 11.8 Å². The summed E-state index contributed by atoms with van der Waals surface area (Å²) < 4.78 is 38.2. The fraction of sp³-hybridized carbons (Fsp3) is 0.562. The van der Waals surface area contributed by atoms with Crippen molar-refractivity contribution in [3.63, 3.8) is 0 Å². The van der Waals surface area contributed by atoms with Gasteiger partial charge in [-0.15, -0.1) is 0 Å². The number of benzene rings is 1. The number of nitrogens with one attached hydrogen (secondary N) is 1. The number of carboxylic acid groups (broad SMARTS) is 1. The van der Waals surface area contributed by atoms with Crippen molar-refractivity contribution in [3.05, 3.63) is 18.2 Å². The summed E-state index contributed by atoms with van der Waals surface area (Å²) in [5, 5.41) is 9.21. The molecule has 0 aromatic heterocycles. The van der Waals surface area contributed by atoms with E-state index in [9.17, 15) is 18.3 Å². The van der Waals surface area contributed by atoms with Gasteiger partial charge in [0, 0.05) is 19.0 Å². The lowest BCUT2D eigenvalue weighted by Gasteiger charge is -2.16. The molecule has 0 amide bonds. The number of carbonyl (C=O) groups is 1. The molecule has 0 bridgehead atoms. The van der Waals surface area contributed by atoms with E-state index in [-0.39, 0.29) is 17.4 Å². The van der Waals surface area contributed by atoms with E-state index >= 15 is 0 Å². The largest absolute Gasteiger partial charge is 0.490 e. The van der Waals surface area contributed by atoms with E-state index in [1.165, 1.54) is 12.1 Å². The lowest BCUT2D eigenvalue weighted by Crippen LogP contribution is -2.33. The van der Waals surface area contributed by atoms with Crippen LogP contribution >= 0.6 is 0 Å². The maximum absolute atomic E-state index is 12.4. The van der Waals surface area contributed by atoms with Crippen LogP contribution in [0.3, 0.4) is 0 Å². The molecule has 7 nitrogen and oxygen atoms in total. The number of rotatable bonds is 7. The first-order chi connectivity index (χ1) is 11.3. The smallest absolute Gasteiger partial charge is 0.307 e. The molecule has 24 heavy (non-hydrogen) atoms. The van der Waals surface area contributed by atoms with Gasteiger partial charge in [-0.3, -0.25) is 4.79 Å². The van der Waals surface area contributed by atoms with Gasteiger partial charge in [-0.2, -0.15) is 0 Å². The zero-order valence-electron chi connectivity index (χ0n) is 13.8. The first-order valence-corrected chi connectivity index (χ1v) is 9.40. The van der Waals surface area contributed by atoms with Gasteiger partial charge in [0.2, 0.25) is 10.0 Å². The topological polar surface area (TPSA) is 102 Å². The Hall–Kier alpha value is -1.80. The van der Waals surface area contributed by atoms with Gasteiger partial charge in [-0.05, 0) is 24.5 Å². The minimum Gasteiger partial charge on any atom is -0.490 e. The summed E-state index contributed by atoms with van der Waals surface area (Å²) in [5.41, 5.74) is 0. The summed E-state index contributed by atoms with van der Waals surface area (Å²) in [5.74, 6) is -0.721. The first-order valence-electron chi connectivity index (χ1n) is 7.91. The summed E-state index contributed by atoms with van der Waals surface area (Å²) in [6, 6.07) is 4.38. The van der Waals surface area contributed by atoms with Crippen LogP contribution in [0.4, 0.5) is 0 Å². The zero-order chi connectivity index (χ0) is 17.7. The molecule has 0 radical (unpaired) electrons. The van der Waals surface area contributed by atoms with Crippen LogP contribution in [-0.2, 0) is 14.8 Å². The van der Waals surface area contributed by atoms with Crippen LogP contribution in [0.15, 0.2) is 23.1 Å². The number of hydrogen-bond acceptors (Lipinski definition) is 5. The Morgan fingerprint density at radius 3 is 2.54 bits per heavy atom. The highest BCUT2D eigenvalue weighted by Gasteiger charge is 2.24. The molecule has 0 aliphatic carbocycles. The average Bonchev–Trinajstić information content (AvgIpc) is 2.75. The molecule has 2 rings (SSSR count). The molecule has 0 saturated heterocycles. The number of carboxylic acids is 1. The third-order valence-electron chi connectivity index (χ3n) is 3.65. The molecule has 0 saturated carbocycles. The fourth-order valence-corrected chi connectivity index (χ4v) is 3.54. The number of fused-ring (bicyclic) bond motifs is 1. The standard InChI is InChI=1S/C16H23NO6S/c1-11(2)8-12(16(18)19)10-17-24(20,21)13-4-5-14-15(9-13)23-7-3-6-22-14/h4-5,9,11-12,17H,3,6-8,10H2,1-2H3,(H,18,19). The molecule has 0 spiro atoms. The van der Waals surface area contributed by atoms with E-state index in [0.29, 0.717) is 31.1 Å². The van der Waals surface area contributed by atoms with Gasteiger partial charge in [0.05, 0.1) is 24.0 Å². The maximum Gasteiger partial charge on any atom is 0.307 e. The van der Waals surface area contributed by atoms with Crippen LogP contribution in [0.5, 0.6) is 11.5 Å². The molecule has 1 heterocycles. The second-order valence-electron chi connectivity index (χ2n) is 6.18. The molecule has 134 valence electrons. The number of ether oxygens (including phenoxy) is 2. The normalized spacial score (nSPS) is 15.8. The van der Waals surface area contributed by atoms with Crippen molar-refractivity contribution in [2.45, 2.75) is 31.6 Å². The van der Waals surface area contributed by atoms with E-state index < -0.39 is 21.9 Å².